The molecule has 0 saturated heterocycles. The lowest BCUT2D eigenvalue weighted by Gasteiger charge is -2.18. The quantitative estimate of drug-likeness (QED) is 0.826. The molecule has 0 heterocycles. The lowest BCUT2D eigenvalue weighted by Crippen LogP contribution is -2.24. The second kappa shape index (κ2) is 4.54. The van der Waals surface area contributed by atoms with Crippen LogP contribution in [0.5, 0.6) is 0 Å². The van der Waals surface area contributed by atoms with E-state index in [1.165, 1.54) is 24.0 Å². The number of hydrogen-bond acceptors (Lipinski definition) is 1. The molecule has 2 rings (SSSR count). The van der Waals surface area contributed by atoms with Crippen molar-refractivity contribution in [3.63, 3.8) is 0 Å². The van der Waals surface area contributed by atoms with Gasteiger partial charge in [0.15, 0.2) is 0 Å². The van der Waals surface area contributed by atoms with Crippen LogP contribution in [-0.4, -0.2) is 6.54 Å². The molecule has 2 atom stereocenters. The fourth-order valence-corrected chi connectivity index (χ4v) is 2.60. The lowest BCUT2D eigenvalue weighted by molar-refractivity contribution is 0.417. The molecule has 0 fully saturated rings. The lowest BCUT2D eigenvalue weighted by atomic mass is 10.0. The predicted molar refractivity (Wildman–Crippen MR) is 65.4 cm³/mol. The first-order valence-electron chi connectivity index (χ1n) is 5.74. The zero-order chi connectivity index (χ0) is 10.8. The van der Waals surface area contributed by atoms with E-state index >= 15 is 0 Å². The van der Waals surface area contributed by atoms with Gasteiger partial charge in [-0.15, -0.1) is 0 Å². The number of hydrogen-bond donors (Lipinski definition) is 1. The zero-order valence-electron chi connectivity index (χ0n) is 9.39. The number of nitrogens with one attached hydrogen (secondary N) is 1. The molecular formula is C13H18ClN. The molecule has 1 aromatic carbocycles. The summed E-state index contributed by atoms with van der Waals surface area (Å²) in [6.45, 7) is 5.59. The van der Waals surface area contributed by atoms with Crippen molar-refractivity contribution < 1.29 is 0 Å². The molecule has 1 N–H and O–H groups in total. The van der Waals surface area contributed by atoms with Gasteiger partial charge < -0.3 is 5.32 Å². The van der Waals surface area contributed by atoms with E-state index < -0.39 is 0 Å². The minimum Gasteiger partial charge on any atom is -0.310 e. The van der Waals surface area contributed by atoms with Crippen LogP contribution in [0, 0.1) is 5.92 Å². The Morgan fingerprint density at radius 3 is 3.00 bits per heavy atom. The van der Waals surface area contributed by atoms with Crippen molar-refractivity contribution in [2.24, 2.45) is 5.92 Å². The van der Waals surface area contributed by atoms with Gasteiger partial charge in [-0.25, -0.2) is 0 Å². The molecule has 0 amide bonds. The second-order valence-corrected chi connectivity index (χ2v) is 4.89. The van der Waals surface area contributed by atoms with E-state index in [9.17, 15) is 0 Å². The number of rotatable bonds is 3. The van der Waals surface area contributed by atoms with Crippen LogP contribution in [0.4, 0.5) is 0 Å². The van der Waals surface area contributed by atoms with E-state index in [-0.39, 0.29) is 0 Å². The van der Waals surface area contributed by atoms with Crippen molar-refractivity contribution in [2.45, 2.75) is 32.7 Å². The summed E-state index contributed by atoms with van der Waals surface area (Å²) in [6.07, 6.45) is 2.35. The Labute approximate surface area is 96.8 Å². The normalized spacial score (nSPS) is 24.2. The Bertz CT molecular complexity index is 348. The minimum atomic E-state index is 0.499. The summed E-state index contributed by atoms with van der Waals surface area (Å²) in [5.74, 6) is 0.685. The molecule has 2 heteroatoms. The number of fused-ring (bicyclic) bond motifs is 1. The van der Waals surface area contributed by atoms with Crippen molar-refractivity contribution in [1.29, 1.82) is 0 Å². The Morgan fingerprint density at radius 2 is 2.27 bits per heavy atom. The first-order valence-corrected chi connectivity index (χ1v) is 6.12. The fourth-order valence-electron chi connectivity index (χ4n) is 2.42. The van der Waals surface area contributed by atoms with Gasteiger partial charge in [0.2, 0.25) is 0 Å². The Hall–Kier alpha value is -0.530. The van der Waals surface area contributed by atoms with Gasteiger partial charge in [0.1, 0.15) is 0 Å². The van der Waals surface area contributed by atoms with Crippen LogP contribution < -0.4 is 5.32 Å². The van der Waals surface area contributed by atoms with Crippen molar-refractivity contribution in [3.05, 3.63) is 34.3 Å². The molecule has 0 saturated carbocycles. The summed E-state index contributed by atoms with van der Waals surface area (Å²) >= 11 is 6.04. The van der Waals surface area contributed by atoms with Crippen LogP contribution >= 0.6 is 11.6 Å². The second-order valence-electron chi connectivity index (χ2n) is 4.46. The monoisotopic (exact) mass is 223 g/mol. The summed E-state index contributed by atoms with van der Waals surface area (Å²) in [4.78, 5) is 0. The van der Waals surface area contributed by atoms with Gasteiger partial charge in [-0.05, 0) is 48.6 Å². The summed E-state index contributed by atoms with van der Waals surface area (Å²) in [6, 6.07) is 6.78. The molecule has 1 aliphatic rings. The van der Waals surface area contributed by atoms with Crippen LogP contribution in [-0.2, 0) is 6.42 Å². The van der Waals surface area contributed by atoms with Crippen LogP contribution in [0.25, 0.3) is 0 Å². The molecule has 82 valence electrons. The maximum atomic E-state index is 6.04. The topological polar surface area (TPSA) is 12.0 Å². The van der Waals surface area contributed by atoms with Gasteiger partial charge in [0, 0.05) is 11.1 Å². The van der Waals surface area contributed by atoms with E-state index in [1.54, 1.807) is 0 Å². The molecule has 0 radical (unpaired) electrons. The molecule has 0 bridgehead atoms. The van der Waals surface area contributed by atoms with Gasteiger partial charge in [-0.2, -0.15) is 0 Å². The molecule has 1 aromatic rings. The maximum absolute atomic E-state index is 6.04. The zero-order valence-corrected chi connectivity index (χ0v) is 10.1. The van der Waals surface area contributed by atoms with Crippen molar-refractivity contribution in [1.82, 2.24) is 5.32 Å². The first-order chi connectivity index (χ1) is 7.22. The minimum absolute atomic E-state index is 0.499. The van der Waals surface area contributed by atoms with Gasteiger partial charge >= 0.3 is 0 Å². The fraction of sp³-hybridized carbons (Fsp3) is 0.538. The van der Waals surface area contributed by atoms with Crippen LogP contribution in [0.2, 0.25) is 5.02 Å². The largest absolute Gasteiger partial charge is 0.310 e. The van der Waals surface area contributed by atoms with Crippen molar-refractivity contribution in [2.75, 3.05) is 6.54 Å². The standard InChI is InChI=1S/C13H18ClN/c1-3-6-15-13-9(2)7-10-4-5-11(14)8-12(10)13/h4-5,8-9,13,15H,3,6-7H2,1-2H3. The highest BCUT2D eigenvalue weighted by atomic mass is 35.5. The molecule has 0 spiro atoms. The van der Waals surface area contributed by atoms with Crippen LogP contribution in [0.1, 0.15) is 37.4 Å². The number of halogens is 1. The van der Waals surface area contributed by atoms with Gasteiger partial charge in [-0.1, -0.05) is 31.5 Å². The molecule has 15 heavy (non-hydrogen) atoms. The molecule has 1 aliphatic carbocycles. The molecule has 1 nitrogen and oxygen atoms in total. The highest BCUT2D eigenvalue weighted by Gasteiger charge is 2.28. The van der Waals surface area contributed by atoms with Crippen molar-refractivity contribution >= 4 is 11.6 Å². The SMILES string of the molecule is CCCNC1c2cc(Cl)ccc2CC1C. The van der Waals surface area contributed by atoms with Gasteiger partial charge in [0.25, 0.3) is 0 Å². The number of benzene rings is 1. The van der Waals surface area contributed by atoms with E-state index in [2.05, 4.69) is 31.3 Å². The van der Waals surface area contributed by atoms with Gasteiger partial charge in [0.05, 0.1) is 0 Å². The Kier molecular flexibility index (Phi) is 3.32. The predicted octanol–water partition coefficient (Wildman–Crippen LogP) is 3.57. The average Bonchev–Trinajstić information content (AvgIpc) is 2.51. The van der Waals surface area contributed by atoms with E-state index in [4.69, 9.17) is 11.6 Å². The summed E-state index contributed by atoms with van der Waals surface area (Å²) in [7, 11) is 0. The summed E-state index contributed by atoms with van der Waals surface area (Å²) < 4.78 is 0. The highest BCUT2D eigenvalue weighted by Crippen LogP contribution is 2.37. The molecule has 0 aliphatic heterocycles. The first kappa shape index (κ1) is 11.0. The highest BCUT2D eigenvalue weighted by molar-refractivity contribution is 6.30. The third-order valence-corrected chi connectivity index (χ3v) is 3.40. The smallest absolute Gasteiger partial charge is 0.0409 e. The van der Waals surface area contributed by atoms with Gasteiger partial charge in [-0.3, -0.25) is 0 Å². The summed E-state index contributed by atoms with van der Waals surface area (Å²) in [5.41, 5.74) is 2.86. The van der Waals surface area contributed by atoms with E-state index in [0.29, 0.717) is 12.0 Å². The third-order valence-electron chi connectivity index (χ3n) is 3.17. The van der Waals surface area contributed by atoms with Crippen LogP contribution in [0.3, 0.4) is 0 Å². The molecule has 0 aromatic heterocycles. The van der Waals surface area contributed by atoms with Crippen LogP contribution in [0.15, 0.2) is 18.2 Å². The van der Waals surface area contributed by atoms with E-state index in [0.717, 1.165) is 11.6 Å². The summed E-state index contributed by atoms with van der Waals surface area (Å²) in [5, 5.41) is 4.46. The third kappa shape index (κ3) is 2.19. The molecule has 2 unspecified atom stereocenters. The molecular weight excluding hydrogens is 206 g/mol. The maximum Gasteiger partial charge on any atom is 0.0409 e. The van der Waals surface area contributed by atoms with E-state index in [1.807, 2.05) is 6.07 Å². The Morgan fingerprint density at radius 1 is 1.47 bits per heavy atom. The average molecular weight is 224 g/mol. The van der Waals surface area contributed by atoms with Crippen molar-refractivity contribution in [3.8, 4) is 0 Å². The Balaban J connectivity index is 2.23.